The molecule has 2 nitrogen and oxygen atoms in total. The summed E-state index contributed by atoms with van der Waals surface area (Å²) in [5, 5.41) is 7.47. The van der Waals surface area contributed by atoms with Crippen molar-refractivity contribution in [3.8, 4) is 0 Å². The topological polar surface area (TPSA) is 24.1 Å². The smallest absolute Gasteiger partial charge is 0.0690 e. The molecule has 1 spiro atoms. The van der Waals surface area contributed by atoms with Crippen molar-refractivity contribution in [3.05, 3.63) is 0 Å². The maximum absolute atomic E-state index is 3.80. The van der Waals surface area contributed by atoms with E-state index in [9.17, 15) is 0 Å². The Morgan fingerprint density at radius 3 is 2.23 bits per heavy atom. The van der Waals surface area contributed by atoms with Crippen LogP contribution >= 0.6 is 0 Å². The zero-order chi connectivity index (χ0) is 9.53. The summed E-state index contributed by atoms with van der Waals surface area (Å²) >= 11 is 0. The van der Waals surface area contributed by atoms with Gasteiger partial charge in [-0.1, -0.05) is 33.6 Å². The molecule has 1 heterocycles. The Hall–Kier alpha value is -0.0800. The molecule has 0 aromatic carbocycles. The number of nitrogens with one attached hydrogen (secondary N) is 2. The highest BCUT2D eigenvalue weighted by Crippen LogP contribution is 2.34. The molecule has 2 fully saturated rings. The van der Waals surface area contributed by atoms with Crippen molar-refractivity contribution >= 4 is 0 Å². The highest BCUT2D eigenvalue weighted by Gasteiger charge is 2.43. The minimum absolute atomic E-state index is 0.317. The Morgan fingerprint density at radius 1 is 1.15 bits per heavy atom. The molecule has 2 N–H and O–H groups in total. The van der Waals surface area contributed by atoms with Crippen molar-refractivity contribution in [2.24, 2.45) is 5.41 Å². The minimum Gasteiger partial charge on any atom is -0.298 e. The molecule has 2 heteroatoms. The van der Waals surface area contributed by atoms with Gasteiger partial charge in [0.25, 0.3) is 0 Å². The molecule has 0 bridgehead atoms. The zero-order valence-electron chi connectivity index (χ0n) is 9.11. The standard InChI is InChI=1S/C11H22N2/c1-10(2,3)9-8-12-11(13-9)6-4-5-7-11/h9,12-13H,4-8H2,1-3H3. The fourth-order valence-electron chi connectivity index (χ4n) is 2.56. The van der Waals surface area contributed by atoms with Crippen LogP contribution in [-0.2, 0) is 0 Å². The fraction of sp³-hybridized carbons (Fsp3) is 1.00. The first-order valence-electron chi connectivity index (χ1n) is 5.55. The lowest BCUT2D eigenvalue weighted by molar-refractivity contribution is 0.258. The van der Waals surface area contributed by atoms with Gasteiger partial charge in [-0.15, -0.1) is 0 Å². The van der Waals surface area contributed by atoms with Gasteiger partial charge >= 0.3 is 0 Å². The molecule has 1 unspecified atom stereocenters. The van der Waals surface area contributed by atoms with Crippen molar-refractivity contribution in [1.29, 1.82) is 0 Å². The summed E-state index contributed by atoms with van der Waals surface area (Å²) < 4.78 is 0. The lowest BCUT2D eigenvalue weighted by Crippen LogP contribution is -2.49. The van der Waals surface area contributed by atoms with Crippen LogP contribution in [0.2, 0.25) is 0 Å². The van der Waals surface area contributed by atoms with Gasteiger partial charge in [0.2, 0.25) is 0 Å². The second kappa shape index (κ2) is 2.96. The van der Waals surface area contributed by atoms with Gasteiger partial charge in [0.05, 0.1) is 5.66 Å². The molecule has 2 rings (SSSR count). The second-order valence-corrected chi connectivity index (χ2v) is 5.73. The Bertz CT molecular complexity index is 187. The van der Waals surface area contributed by atoms with E-state index in [1.165, 1.54) is 25.7 Å². The van der Waals surface area contributed by atoms with Crippen LogP contribution in [0.25, 0.3) is 0 Å². The highest BCUT2D eigenvalue weighted by atomic mass is 15.3. The normalized spacial score (nSPS) is 33.0. The van der Waals surface area contributed by atoms with E-state index < -0.39 is 0 Å². The summed E-state index contributed by atoms with van der Waals surface area (Å²) in [5.74, 6) is 0. The van der Waals surface area contributed by atoms with E-state index in [-0.39, 0.29) is 0 Å². The summed E-state index contributed by atoms with van der Waals surface area (Å²) in [6, 6.07) is 0.644. The first-order chi connectivity index (χ1) is 6.02. The largest absolute Gasteiger partial charge is 0.298 e. The third kappa shape index (κ3) is 1.75. The molecule has 0 radical (unpaired) electrons. The molecule has 0 aromatic rings. The molecule has 13 heavy (non-hydrogen) atoms. The molecule has 1 saturated carbocycles. The third-order valence-electron chi connectivity index (χ3n) is 3.60. The van der Waals surface area contributed by atoms with E-state index in [1.54, 1.807) is 0 Å². The van der Waals surface area contributed by atoms with E-state index in [2.05, 4.69) is 31.4 Å². The summed E-state index contributed by atoms with van der Waals surface area (Å²) in [6.45, 7) is 8.10. The number of hydrogen-bond acceptors (Lipinski definition) is 2. The van der Waals surface area contributed by atoms with Crippen LogP contribution in [-0.4, -0.2) is 18.2 Å². The van der Waals surface area contributed by atoms with Crippen molar-refractivity contribution < 1.29 is 0 Å². The van der Waals surface area contributed by atoms with Gasteiger partial charge in [-0.05, 0) is 18.3 Å². The van der Waals surface area contributed by atoms with Crippen molar-refractivity contribution in [1.82, 2.24) is 10.6 Å². The van der Waals surface area contributed by atoms with Gasteiger partial charge in [-0.25, -0.2) is 0 Å². The van der Waals surface area contributed by atoms with Gasteiger partial charge in [0.1, 0.15) is 0 Å². The van der Waals surface area contributed by atoms with Gasteiger partial charge in [0, 0.05) is 12.6 Å². The van der Waals surface area contributed by atoms with Gasteiger partial charge < -0.3 is 0 Å². The summed E-state index contributed by atoms with van der Waals surface area (Å²) in [4.78, 5) is 0. The lowest BCUT2D eigenvalue weighted by atomic mass is 9.87. The van der Waals surface area contributed by atoms with Crippen molar-refractivity contribution in [2.75, 3.05) is 6.54 Å². The molecule has 0 aromatic heterocycles. The Balaban J connectivity index is 2.01. The SMILES string of the molecule is CC(C)(C)C1CNC2(CCCC2)N1. The van der Waals surface area contributed by atoms with E-state index in [0.29, 0.717) is 17.1 Å². The van der Waals surface area contributed by atoms with Crippen LogP contribution in [0, 0.1) is 5.41 Å². The van der Waals surface area contributed by atoms with Crippen LogP contribution in [0.4, 0.5) is 0 Å². The van der Waals surface area contributed by atoms with Crippen molar-refractivity contribution in [2.45, 2.75) is 58.2 Å². The molecule has 1 aliphatic carbocycles. The second-order valence-electron chi connectivity index (χ2n) is 5.73. The highest BCUT2D eigenvalue weighted by molar-refractivity contribution is 5.02. The van der Waals surface area contributed by atoms with Crippen LogP contribution in [0.15, 0.2) is 0 Å². The molecule has 0 amide bonds. The summed E-state index contributed by atoms with van der Waals surface area (Å²) in [6.07, 6.45) is 5.41. The van der Waals surface area contributed by atoms with Crippen LogP contribution < -0.4 is 10.6 Å². The average Bonchev–Trinajstić information content (AvgIpc) is 2.60. The molecular weight excluding hydrogens is 160 g/mol. The molecule has 1 aliphatic heterocycles. The quantitative estimate of drug-likeness (QED) is 0.597. The van der Waals surface area contributed by atoms with Gasteiger partial charge in [0.15, 0.2) is 0 Å². The van der Waals surface area contributed by atoms with E-state index in [0.717, 1.165) is 6.54 Å². The maximum Gasteiger partial charge on any atom is 0.0690 e. The number of hydrogen-bond donors (Lipinski definition) is 2. The zero-order valence-corrected chi connectivity index (χ0v) is 9.11. The summed E-state index contributed by atoms with van der Waals surface area (Å²) in [7, 11) is 0. The van der Waals surface area contributed by atoms with Crippen LogP contribution in [0.3, 0.4) is 0 Å². The first kappa shape index (κ1) is 9.47. The van der Waals surface area contributed by atoms with Gasteiger partial charge in [-0.2, -0.15) is 0 Å². The molecular formula is C11H22N2. The first-order valence-corrected chi connectivity index (χ1v) is 5.55. The molecule has 1 atom stereocenters. The average molecular weight is 182 g/mol. The molecule has 2 aliphatic rings. The predicted molar refractivity (Wildman–Crippen MR) is 55.6 cm³/mol. The molecule has 76 valence electrons. The van der Waals surface area contributed by atoms with E-state index in [4.69, 9.17) is 0 Å². The fourth-order valence-corrected chi connectivity index (χ4v) is 2.56. The Morgan fingerprint density at radius 2 is 1.77 bits per heavy atom. The monoisotopic (exact) mass is 182 g/mol. The Kier molecular flexibility index (Phi) is 2.16. The van der Waals surface area contributed by atoms with Gasteiger partial charge in [-0.3, -0.25) is 10.6 Å². The third-order valence-corrected chi connectivity index (χ3v) is 3.60. The maximum atomic E-state index is 3.80. The lowest BCUT2D eigenvalue weighted by Gasteiger charge is -2.30. The molecule has 1 saturated heterocycles. The number of rotatable bonds is 0. The Labute approximate surface area is 81.5 Å². The van der Waals surface area contributed by atoms with Crippen LogP contribution in [0.5, 0.6) is 0 Å². The van der Waals surface area contributed by atoms with Crippen molar-refractivity contribution in [3.63, 3.8) is 0 Å². The predicted octanol–water partition coefficient (Wildman–Crippen LogP) is 1.86. The van der Waals surface area contributed by atoms with E-state index >= 15 is 0 Å². The van der Waals surface area contributed by atoms with Crippen LogP contribution in [0.1, 0.15) is 46.5 Å². The van der Waals surface area contributed by atoms with E-state index in [1.807, 2.05) is 0 Å². The minimum atomic E-state index is 0.317. The summed E-state index contributed by atoms with van der Waals surface area (Å²) in [5.41, 5.74) is 0.705.